The van der Waals surface area contributed by atoms with E-state index in [1.807, 2.05) is 0 Å². The van der Waals surface area contributed by atoms with Crippen molar-refractivity contribution < 1.29 is 75.0 Å². The first-order chi connectivity index (χ1) is 22.6. The molecule has 15 nitrogen and oxygen atoms in total. The van der Waals surface area contributed by atoms with E-state index in [2.05, 4.69) is 0 Å². The summed E-state index contributed by atoms with van der Waals surface area (Å²) in [6.45, 7) is 10.5. The molecule has 0 atom stereocenters. The van der Waals surface area contributed by atoms with E-state index in [1.54, 1.807) is 53.7 Å². The van der Waals surface area contributed by atoms with Gasteiger partial charge < -0.3 is 51.1 Å². The van der Waals surface area contributed by atoms with Gasteiger partial charge in [0.25, 0.3) is 0 Å². The molecule has 0 bridgehead atoms. The van der Waals surface area contributed by atoms with Gasteiger partial charge in [-0.3, -0.25) is 9.59 Å². The molecule has 10 N–H and O–H groups in total. The number of aliphatic hydroxyl groups is 1. The summed E-state index contributed by atoms with van der Waals surface area (Å²) in [7, 11) is 0. The molecular formula is C34H34O15. The minimum Gasteiger partial charge on any atom is -0.507 e. The maximum atomic E-state index is 12.0. The van der Waals surface area contributed by atoms with Crippen LogP contribution in [0.25, 0.3) is 32.7 Å². The first-order valence-corrected chi connectivity index (χ1v) is 14.4. The summed E-state index contributed by atoms with van der Waals surface area (Å²) in [5.74, 6) is -10.6. The third-order valence-corrected chi connectivity index (χ3v) is 8.15. The number of phenols is 6. The number of fused-ring (bicyclic) bond motifs is 2. The Kier molecular flexibility index (Phi) is 10.1. The van der Waals surface area contributed by atoms with Gasteiger partial charge in [-0.1, -0.05) is 39.8 Å². The maximum absolute atomic E-state index is 12.0. The Morgan fingerprint density at radius 2 is 0.857 bits per heavy atom. The van der Waals surface area contributed by atoms with E-state index in [4.69, 9.17) is 20.4 Å². The van der Waals surface area contributed by atoms with Crippen LogP contribution in [0.5, 0.6) is 34.5 Å². The third-order valence-electron chi connectivity index (χ3n) is 8.15. The highest BCUT2D eigenvalue weighted by molar-refractivity contribution is 6.20. The van der Waals surface area contributed by atoms with Crippen molar-refractivity contribution in [1.82, 2.24) is 0 Å². The summed E-state index contributed by atoms with van der Waals surface area (Å²) >= 11 is 0. The van der Waals surface area contributed by atoms with E-state index in [9.17, 15) is 54.6 Å². The molecule has 0 amide bonds. The van der Waals surface area contributed by atoms with Crippen molar-refractivity contribution in [3.8, 4) is 45.6 Å². The topological polar surface area (TPSA) is 288 Å². The van der Waals surface area contributed by atoms with E-state index >= 15 is 0 Å². The van der Waals surface area contributed by atoms with Gasteiger partial charge in [0.2, 0.25) is 0 Å². The van der Waals surface area contributed by atoms with Crippen LogP contribution < -0.4 is 0 Å². The molecule has 0 saturated heterocycles. The lowest BCUT2D eigenvalue weighted by Gasteiger charge is -2.23. The average molecular weight is 683 g/mol. The molecule has 0 aliphatic carbocycles. The summed E-state index contributed by atoms with van der Waals surface area (Å²) in [4.78, 5) is 53.7. The first kappa shape index (κ1) is 37.4. The molecule has 0 saturated carbocycles. The van der Waals surface area contributed by atoms with Crippen LogP contribution in [0.4, 0.5) is 0 Å². The minimum atomic E-state index is -3.75. The average Bonchev–Trinajstić information content (AvgIpc) is 2.99. The quantitative estimate of drug-likeness (QED) is 0.0702. The molecule has 4 aromatic rings. The van der Waals surface area contributed by atoms with Crippen molar-refractivity contribution in [3.05, 3.63) is 45.5 Å². The number of carbonyl (C=O) groups is 5. The van der Waals surface area contributed by atoms with Gasteiger partial charge in [-0.2, -0.15) is 0 Å². The smallest absolute Gasteiger partial charge is 0.359 e. The van der Waals surface area contributed by atoms with Crippen LogP contribution in [-0.4, -0.2) is 87.1 Å². The predicted molar refractivity (Wildman–Crippen MR) is 173 cm³/mol. The molecule has 4 aromatic carbocycles. The fourth-order valence-corrected chi connectivity index (χ4v) is 5.88. The van der Waals surface area contributed by atoms with Crippen molar-refractivity contribution in [2.75, 3.05) is 0 Å². The molecule has 0 radical (unpaired) electrons. The molecule has 0 aliphatic heterocycles. The van der Waals surface area contributed by atoms with Crippen LogP contribution in [0, 0.1) is 13.8 Å². The van der Waals surface area contributed by atoms with Crippen LogP contribution in [0.15, 0.2) is 12.1 Å². The number of aliphatic carboxylic acids is 3. The van der Waals surface area contributed by atoms with Crippen molar-refractivity contribution in [3.63, 3.8) is 0 Å². The SMILES string of the molecule is Cc1cc2c(C(C)C)c(O)c(O)c(C=O)c2c(O)c1-c1c(C)cc2c(C(C)C)c(O)c(O)c(C=O)c2c1O.O=C(O)C(O)(C(=O)O)C(=O)O. The fourth-order valence-electron chi connectivity index (χ4n) is 5.88. The number of carbonyl (C=O) groups excluding carboxylic acids is 2. The Bertz CT molecular complexity index is 1930. The Labute approximate surface area is 277 Å². The monoisotopic (exact) mass is 682 g/mol. The van der Waals surface area contributed by atoms with E-state index in [-0.39, 0.29) is 44.9 Å². The Morgan fingerprint density at radius 1 is 0.571 bits per heavy atom. The number of phenolic OH excluding ortho intramolecular Hbond substituents is 6. The Hall–Kier alpha value is -6.09. The number of carboxylic acid groups (broad SMARTS) is 3. The molecule has 0 spiro atoms. The summed E-state index contributed by atoms with van der Waals surface area (Å²) in [6.07, 6.45) is 0.682. The summed E-state index contributed by atoms with van der Waals surface area (Å²) in [6, 6.07) is 3.31. The number of benzene rings is 4. The van der Waals surface area contributed by atoms with Gasteiger partial charge in [-0.15, -0.1) is 0 Å². The second-order valence-electron chi connectivity index (χ2n) is 11.9. The van der Waals surface area contributed by atoms with Gasteiger partial charge in [0, 0.05) is 33.0 Å². The van der Waals surface area contributed by atoms with E-state index < -0.39 is 58.0 Å². The molecule has 0 aromatic heterocycles. The fraction of sp³-hybridized carbons (Fsp3) is 0.265. The van der Waals surface area contributed by atoms with E-state index in [0.717, 1.165) is 0 Å². The molecule has 0 fully saturated rings. The molecule has 4 rings (SSSR count). The van der Waals surface area contributed by atoms with Gasteiger partial charge in [0.05, 0.1) is 11.1 Å². The molecule has 0 aliphatic rings. The van der Waals surface area contributed by atoms with Gasteiger partial charge in [0.1, 0.15) is 11.5 Å². The maximum Gasteiger partial charge on any atom is 0.359 e. The van der Waals surface area contributed by atoms with E-state index in [0.29, 0.717) is 45.6 Å². The van der Waals surface area contributed by atoms with Crippen LogP contribution in [-0.2, 0) is 14.4 Å². The number of hydrogen-bond donors (Lipinski definition) is 10. The summed E-state index contributed by atoms with van der Waals surface area (Å²) in [5, 5.41) is 98.7. The minimum absolute atomic E-state index is 0.00512. The zero-order valence-corrected chi connectivity index (χ0v) is 27.0. The number of aldehydes is 2. The zero-order chi connectivity index (χ0) is 37.6. The molecule has 49 heavy (non-hydrogen) atoms. The van der Waals surface area contributed by atoms with Crippen molar-refractivity contribution in [2.24, 2.45) is 0 Å². The number of carboxylic acids is 3. The molecule has 260 valence electrons. The van der Waals surface area contributed by atoms with Crippen LogP contribution in [0.2, 0.25) is 0 Å². The normalized spacial score (nSPS) is 11.4. The number of aryl methyl sites for hydroxylation is 2. The van der Waals surface area contributed by atoms with Gasteiger partial charge in [0.15, 0.2) is 35.6 Å². The second-order valence-corrected chi connectivity index (χ2v) is 11.9. The predicted octanol–water partition coefficient (Wildman–Crippen LogP) is 4.35. The number of hydrogen-bond acceptors (Lipinski definition) is 12. The Balaban J connectivity index is 0.000000509. The molecule has 0 heterocycles. The standard InChI is InChI=1S/C30H30O8.C4H4O7/c1-11(2)19-15-7-13(5)21(27(35)23(15)17(9-31)25(33)29(19)37)22-14(6)8-16-20(12(3)4)30(38)26(34)18(10-32)24(16)28(22)36;5-1(6)4(11,2(7)8)3(9)10/h7-12,33-38H,1-6H3;11H,(H,5,6)(H,7,8)(H,9,10). The van der Waals surface area contributed by atoms with Crippen molar-refractivity contribution >= 4 is 52.0 Å². The largest absolute Gasteiger partial charge is 0.507 e. The van der Waals surface area contributed by atoms with Crippen molar-refractivity contribution in [2.45, 2.75) is 59.0 Å². The number of rotatable bonds is 8. The highest BCUT2D eigenvalue weighted by Gasteiger charge is 2.53. The molecular weight excluding hydrogens is 648 g/mol. The van der Waals surface area contributed by atoms with E-state index in [1.165, 1.54) is 0 Å². The second kappa shape index (κ2) is 13.2. The zero-order valence-electron chi connectivity index (χ0n) is 27.0. The summed E-state index contributed by atoms with van der Waals surface area (Å²) in [5.41, 5.74) is -2.42. The highest BCUT2D eigenvalue weighted by Crippen LogP contribution is 2.54. The van der Waals surface area contributed by atoms with Crippen molar-refractivity contribution in [1.29, 1.82) is 0 Å². The highest BCUT2D eigenvalue weighted by atomic mass is 16.5. The third kappa shape index (κ3) is 5.73. The van der Waals surface area contributed by atoms with Crippen LogP contribution in [0.1, 0.15) is 82.5 Å². The Morgan fingerprint density at radius 3 is 1.06 bits per heavy atom. The van der Waals surface area contributed by atoms with Gasteiger partial charge in [-0.05, 0) is 47.6 Å². The number of aromatic hydroxyl groups is 6. The lowest BCUT2D eigenvalue weighted by Crippen LogP contribution is -2.53. The lowest BCUT2D eigenvalue weighted by molar-refractivity contribution is -0.186. The molecule has 0 unspecified atom stereocenters. The van der Waals surface area contributed by atoms with Crippen LogP contribution >= 0.6 is 0 Å². The molecule has 15 heteroatoms. The van der Waals surface area contributed by atoms with Crippen LogP contribution in [0.3, 0.4) is 0 Å². The summed E-state index contributed by atoms with van der Waals surface area (Å²) < 4.78 is 0. The van der Waals surface area contributed by atoms with Gasteiger partial charge >= 0.3 is 23.5 Å². The van der Waals surface area contributed by atoms with Gasteiger partial charge in [-0.25, -0.2) is 14.4 Å². The first-order valence-electron chi connectivity index (χ1n) is 14.4. The lowest BCUT2D eigenvalue weighted by atomic mass is 9.83.